The van der Waals surface area contributed by atoms with Gasteiger partial charge in [0.05, 0.1) is 0 Å². The minimum atomic E-state index is 0.284. The molecule has 0 saturated carbocycles. The summed E-state index contributed by atoms with van der Waals surface area (Å²) in [6.45, 7) is 0. The third-order valence-corrected chi connectivity index (χ3v) is 6.22. The highest BCUT2D eigenvalue weighted by atomic mass is 32.2. The molecule has 4 aromatic rings. The average molecular weight is 403 g/mol. The lowest BCUT2D eigenvalue weighted by Gasteiger charge is -2.07. The molecule has 0 aliphatic rings. The highest BCUT2D eigenvalue weighted by Crippen LogP contribution is 2.33. The van der Waals surface area contributed by atoms with Crippen molar-refractivity contribution in [3.05, 3.63) is 97.1 Å². The van der Waals surface area contributed by atoms with Crippen molar-refractivity contribution in [1.82, 2.24) is 0 Å². The van der Waals surface area contributed by atoms with E-state index in [9.17, 15) is 10.2 Å². The molecule has 2 N–H and O–H groups in total. The molecule has 0 fully saturated rings. The predicted molar refractivity (Wildman–Crippen MR) is 116 cm³/mol. The molecule has 0 aliphatic heterocycles. The highest BCUT2D eigenvalue weighted by Gasteiger charge is 2.03. The summed E-state index contributed by atoms with van der Waals surface area (Å²) in [5.41, 5.74) is 2.35. The fourth-order valence-corrected chi connectivity index (χ4v) is 4.36. The molecule has 0 spiro atoms. The Bertz CT molecular complexity index is 951. The Morgan fingerprint density at radius 3 is 0.893 bits per heavy atom. The van der Waals surface area contributed by atoms with Gasteiger partial charge in [0.25, 0.3) is 0 Å². The Morgan fingerprint density at radius 2 is 0.607 bits per heavy atom. The lowest BCUT2D eigenvalue weighted by atomic mass is 10.1. The van der Waals surface area contributed by atoms with Crippen molar-refractivity contribution in [3.8, 4) is 22.6 Å². The van der Waals surface area contributed by atoms with Gasteiger partial charge in [-0.1, -0.05) is 47.8 Å². The van der Waals surface area contributed by atoms with Crippen LogP contribution >= 0.6 is 23.5 Å². The quantitative estimate of drug-likeness (QED) is 0.375. The fraction of sp³-hybridized carbons (Fsp3) is 0. The molecule has 0 unspecified atom stereocenters. The van der Waals surface area contributed by atoms with Crippen molar-refractivity contribution in [2.75, 3.05) is 0 Å². The van der Waals surface area contributed by atoms with Gasteiger partial charge in [-0.3, -0.25) is 0 Å². The van der Waals surface area contributed by atoms with Crippen LogP contribution in [0.25, 0.3) is 11.1 Å². The molecule has 0 aliphatic carbocycles. The van der Waals surface area contributed by atoms with Gasteiger partial charge in [0, 0.05) is 19.6 Å². The Balaban J connectivity index is 1.43. The van der Waals surface area contributed by atoms with Gasteiger partial charge in [0.2, 0.25) is 0 Å². The first-order chi connectivity index (χ1) is 13.7. The normalized spacial score (nSPS) is 10.7. The summed E-state index contributed by atoms with van der Waals surface area (Å²) in [7, 11) is 0. The first kappa shape index (κ1) is 18.5. The van der Waals surface area contributed by atoms with E-state index in [-0.39, 0.29) is 11.5 Å². The first-order valence-corrected chi connectivity index (χ1v) is 10.4. The van der Waals surface area contributed by atoms with Crippen LogP contribution in [0.2, 0.25) is 0 Å². The Morgan fingerprint density at radius 1 is 0.357 bits per heavy atom. The molecule has 0 heterocycles. The van der Waals surface area contributed by atoms with Crippen LogP contribution in [0.3, 0.4) is 0 Å². The van der Waals surface area contributed by atoms with E-state index in [0.29, 0.717) is 0 Å². The number of phenols is 2. The SMILES string of the molecule is Oc1ccc(Sc2ccc(-c3ccc(Sc4ccc(O)cc4)cc3)cc2)cc1. The summed E-state index contributed by atoms with van der Waals surface area (Å²) < 4.78 is 0. The van der Waals surface area contributed by atoms with Gasteiger partial charge >= 0.3 is 0 Å². The maximum absolute atomic E-state index is 9.38. The van der Waals surface area contributed by atoms with E-state index in [1.807, 2.05) is 24.3 Å². The summed E-state index contributed by atoms with van der Waals surface area (Å²) in [5, 5.41) is 18.8. The average Bonchev–Trinajstić information content (AvgIpc) is 2.73. The second-order valence-corrected chi connectivity index (χ2v) is 8.53. The van der Waals surface area contributed by atoms with E-state index in [1.54, 1.807) is 47.8 Å². The van der Waals surface area contributed by atoms with Crippen molar-refractivity contribution < 1.29 is 10.2 Å². The van der Waals surface area contributed by atoms with E-state index in [1.165, 1.54) is 11.1 Å². The summed E-state index contributed by atoms with van der Waals surface area (Å²) in [4.78, 5) is 4.52. The molecule has 138 valence electrons. The number of hydrogen-bond acceptors (Lipinski definition) is 4. The van der Waals surface area contributed by atoms with Crippen LogP contribution in [-0.4, -0.2) is 10.2 Å². The van der Waals surface area contributed by atoms with Crippen LogP contribution in [0.1, 0.15) is 0 Å². The lowest BCUT2D eigenvalue weighted by molar-refractivity contribution is 0.474. The Labute approximate surface area is 172 Å². The van der Waals surface area contributed by atoms with Gasteiger partial charge in [-0.25, -0.2) is 0 Å². The molecule has 0 amide bonds. The van der Waals surface area contributed by atoms with Gasteiger partial charge in [0.1, 0.15) is 11.5 Å². The zero-order chi connectivity index (χ0) is 19.3. The molecular weight excluding hydrogens is 384 g/mol. The Hall–Kier alpha value is -2.82. The number of aromatic hydroxyl groups is 2. The molecule has 0 aromatic heterocycles. The predicted octanol–water partition coefficient (Wildman–Crippen LogP) is 7.07. The molecule has 4 aromatic carbocycles. The van der Waals surface area contributed by atoms with Crippen LogP contribution in [-0.2, 0) is 0 Å². The van der Waals surface area contributed by atoms with Crippen LogP contribution in [0.15, 0.2) is 117 Å². The number of hydrogen-bond donors (Lipinski definition) is 2. The van der Waals surface area contributed by atoms with E-state index in [4.69, 9.17) is 0 Å². The van der Waals surface area contributed by atoms with Gasteiger partial charge < -0.3 is 10.2 Å². The van der Waals surface area contributed by atoms with E-state index < -0.39 is 0 Å². The molecule has 0 saturated heterocycles. The molecule has 28 heavy (non-hydrogen) atoms. The van der Waals surface area contributed by atoms with Gasteiger partial charge in [0.15, 0.2) is 0 Å². The Kier molecular flexibility index (Phi) is 5.60. The number of rotatable bonds is 5. The summed E-state index contributed by atoms with van der Waals surface area (Å²) >= 11 is 3.35. The second kappa shape index (κ2) is 8.46. The minimum Gasteiger partial charge on any atom is -0.508 e. The zero-order valence-corrected chi connectivity index (χ0v) is 16.6. The van der Waals surface area contributed by atoms with Crippen molar-refractivity contribution in [2.45, 2.75) is 19.6 Å². The third kappa shape index (κ3) is 4.71. The number of benzene rings is 4. The van der Waals surface area contributed by atoms with E-state index in [0.717, 1.165) is 19.6 Å². The lowest BCUT2D eigenvalue weighted by Crippen LogP contribution is -1.80. The van der Waals surface area contributed by atoms with E-state index in [2.05, 4.69) is 48.5 Å². The van der Waals surface area contributed by atoms with Crippen LogP contribution in [0, 0.1) is 0 Å². The van der Waals surface area contributed by atoms with Crippen molar-refractivity contribution in [1.29, 1.82) is 0 Å². The molecule has 4 heteroatoms. The van der Waals surface area contributed by atoms with Gasteiger partial charge in [-0.15, -0.1) is 0 Å². The summed E-state index contributed by atoms with van der Waals surface area (Å²) in [6, 6.07) is 31.5. The zero-order valence-electron chi connectivity index (χ0n) is 14.9. The minimum absolute atomic E-state index is 0.284. The highest BCUT2D eigenvalue weighted by molar-refractivity contribution is 7.99. The maximum Gasteiger partial charge on any atom is 0.115 e. The molecule has 0 atom stereocenters. The van der Waals surface area contributed by atoms with Gasteiger partial charge in [-0.2, -0.15) is 0 Å². The molecule has 4 rings (SSSR count). The second-order valence-electron chi connectivity index (χ2n) is 6.24. The van der Waals surface area contributed by atoms with E-state index >= 15 is 0 Å². The topological polar surface area (TPSA) is 40.5 Å². The van der Waals surface area contributed by atoms with Crippen LogP contribution in [0.5, 0.6) is 11.5 Å². The molecular formula is C24H18O2S2. The van der Waals surface area contributed by atoms with Gasteiger partial charge in [-0.05, 0) is 83.9 Å². The van der Waals surface area contributed by atoms with Crippen molar-refractivity contribution >= 4 is 23.5 Å². The third-order valence-electron chi connectivity index (χ3n) is 4.19. The number of phenolic OH excluding ortho intramolecular Hbond substituents is 2. The van der Waals surface area contributed by atoms with Crippen LogP contribution in [0.4, 0.5) is 0 Å². The monoisotopic (exact) mass is 402 g/mol. The largest absolute Gasteiger partial charge is 0.508 e. The van der Waals surface area contributed by atoms with Crippen molar-refractivity contribution in [3.63, 3.8) is 0 Å². The smallest absolute Gasteiger partial charge is 0.115 e. The molecule has 2 nitrogen and oxygen atoms in total. The maximum atomic E-state index is 9.38. The molecule has 0 radical (unpaired) electrons. The molecule has 0 bridgehead atoms. The summed E-state index contributed by atoms with van der Waals surface area (Å²) in [5.74, 6) is 0.568. The fourth-order valence-electron chi connectivity index (χ4n) is 2.73. The van der Waals surface area contributed by atoms with Crippen LogP contribution < -0.4 is 0 Å². The first-order valence-electron chi connectivity index (χ1n) is 8.80. The standard InChI is InChI=1S/C24H18O2S2/c25-19-5-13-23(14-6-19)27-21-9-1-17(2-10-21)18-3-11-22(12-4-18)28-24-15-7-20(26)8-16-24/h1-16,25-26H. The summed E-state index contributed by atoms with van der Waals surface area (Å²) in [6.07, 6.45) is 0. The van der Waals surface area contributed by atoms with Crippen molar-refractivity contribution in [2.24, 2.45) is 0 Å².